The highest BCUT2D eigenvalue weighted by Crippen LogP contribution is 2.20. The second-order valence-electron chi connectivity index (χ2n) is 9.71. The van der Waals surface area contributed by atoms with Gasteiger partial charge in [-0.05, 0) is 87.3 Å². The topological polar surface area (TPSA) is 83.5 Å². The number of ether oxygens (including phenoxy) is 1. The van der Waals surface area contributed by atoms with Crippen LogP contribution < -0.4 is 5.56 Å². The average molecular weight is 526 g/mol. The average Bonchev–Trinajstić information content (AvgIpc) is 2.96. The summed E-state index contributed by atoms with van der Waals surface area (Å²) in [6.45, 7) is 9.00. The highest BCUT2D eigenvalue weighted by atomic mass is 19.1. The van der Waals surface area contributed by atoms with Crippen molar-refractivity contribution in [1.82, 2.24) is 14.5 Å². The molecule has 8 heteroatoms. The van der Waals surface area contributed by atoms with Gasteiger partial charge in [-0.25, -0.2) is 4.39 Å². The summed E-state index contributed by atoms with van der Waals surface area (Å²) in [5.74, 6) is 0.349. The van der Waals surface area contributed by atoms with Crippen LogP contribution in [-0.4, -0.2) is 47.4 Å². The standard InChI is InChI=1S/C31H32FN5O2/c1-4-28(39-21-23-9-12-36(3)13-10-23)18-35-22(2)26-7-5-6-25(14-26)19-37-20-27(16-29(32)31(37)38)30-15-24(17-33)8-11-34-30/h4-8,11,14-16,18,20,23H,2,9-10,12-13,19,21H2,1,3H3/b28-4+,35-18?. The largest absolute Gasteiger partial charge is 0.492 e. The predicted molar refractivity (Wildman–Crippen MR) is 152 cm³/mol. The maximum atomic E-state index is 14.5. The van der Waals surface area contributed by atoms with Gasteiger partial charge in [0.25, 0.3) is 5.56 Å². The van der Waals surface area contributed by atoms with Crippen molar-refractivity contribution in [3.05, 3.63) is 106 Å². The minimum atomic E-state index is -0.888. The Balaban J connectivity index is 1.45. The van der Waals surface area contributed by atoms with Crippen LogP contribution >= 0.6 is 0 Å². The van der Waals surface area contributed by atoms with Gasteiger partial charge in [0.2, 0.25) is 0 Å². The fourth-order valence-electron chi connectivity index (χ4n) is 4.41. The van der Waals surface area contributed by atoms with E-state index < -0.39 is 11.4 Å². The van der Waals surface area contributed by atoms with Crippen molar-refractivity contribution in [2.24, 2.45) is 10.9 Å². The molecule has 3 aromatic rings. The molecule has 2 aromatic heterocycles. The second-order valence-corrected chi connectivity index (χ2v) is 9.71. The second kappa shape index (κ2) is 12.9. The number of nitriles is 1. The maximum absolute atomic E-state index is 14.5. The highest BCUT2D eigenvalue weighted by Gasteiger charge is 2.17. The minimum Gasteiger partial charge on any atom is -0.492 e. The third kappa shape index (κ3) is 7.37. The van der Waals surface area contributed by atoms with Gasteiger partial charge in [-0.15, -0.1) is 0 Å². The zero-order valence-corrected chi connectivity index (χ0v) is 22.3. The van der Waals surface area contributed by atoms with E-state index in [1.165, 1.54) is 10.8 Å². The van der Waals surface area contributed by atoms with Gasteiger partial charge < -0.3 is 14.2 Å². The quantitative estimate of drug-likeness (QED) is 0.281. The Bertz CT molecular complexity index is 1490. The van der Waals surface area contributed by atoms with Gasteiger partial charge >= 0.3 is 0 Å². The molecule has 0 saturated carbocycles. The number of likely N-dealkylation sites (tertiary alicyclic amines) is 1. The fourth-order valence-corrected chi connectivity index (χ4v) is 4.41. The van der Waals surface area contributed by atoms with Crippen molar-refractivity contribution in [3.8, 4) is 17.3 Å². The molecule has 4 rings (SSSR count). The van der Waals surface area contributed by atoms with E-state index in [0.29, 0.717) is 40.8 Å². The molecule has 1 aliphatic heterocycles. The molecule has 1 aliphatic rings. The van der Waals surface area contributed by atoms with Crippen LogP contribution in [0.2, 0.25) is 0 Å². The van der Waals surface area contributed by atoms with Crippen LogP contribution in [0.1, 0.15) is 36.5 Å². The van der Waals surface area contributed by atoms with E-state index in [-0.39, 0.29) is 6.54 Å². The van der Waals surface area contributed by atoms with Crippen molar-refractivity contribution in [1.29, 1.82) is 5.26 Å². The van der Waals surface area contributed by atoms with E-state index in [0.717, 1.165) is 43.1 Å². The molecule has 0 unspecified atom stereocenters. The normalized spacial score (nSPS) is 14.9. The van der Waals surface area contributed by atoms with Crippen LogP contribution in [0.3, 0.4) is 0 Å². The number of aliphatic imine (C=N–C) groups is 1. The van der Waals surface area contributed by atoms with E-state index in [4.69, 9.17) is 10.00 Å². The lowest BCUT2D eigenvalue weighted by molar-refractivity contribution is 0.126. The molecule has 3 heterocycles. The molecular weight excluding hydrogens is 493 g/mol. The Labute approximate surface area is 228 Å². The van der Waals surface area contributed by atoms with Gasteiger partial charge in [0.1, 0.15) is 5.76 Å². The number of hydrogen-bond donors (Lipinski definition) is 0. The first-order valence-electron chi connectivity index (χ1n) is 12.9. The Morgan fingerprint density at radius 2 is 2.08 bits per heavy atom. The number of hydrogen-bond acceptors (Lipinski definition) is 6. The molecule has 200 valence electrons. The summed E-state index contributed by atoms with van der Waals surface area (Å²) >= 11 is 0. The summed E-state index contributed by atoms with van der Waals surface area (Å²) in [5, 5.41) is 9.16. The first-order valence-corrected chi connectivity index (χ1v) is 12.9. The molecule has 0 atom stereocenters. The molecule has 39 heavy (non-hydrogen) atoms. The number of pyridine rings is 2. The van der Waals surface area contributed by atoms with Gasteiger partial charge in [0.05, 0.1) is 42.4 Å². The van der Waals surface area contributed by atoms with Crippen LogP contribution in [0.15, 0.2) is 83.1 Å². The number of aromatic nitrogens is 2. The SMILES string of the molecule is C=C(N=C/C(=C\C)OCC1CCN(C)CC1)c1cccc(Cn2cc(-c3cc(C#N)ccn3)cc(F)c2=O)c1. The van der Waals surface area contributed by atoms with E-state index in [9.17, 15) is 9.18 Å². The Kier molecular flexibility index (Phi) is 9.18. The molecule has 0 N–H and O–H groups in total. The number of piperidine rings is 1. The Morgan fingerprint density at radius 3 is 2.82 bits per heavy atom. The summed E-state index contributed by atoms with van der Waals surface area (Å²) < 4.78 is 21.8. The van der Waals surface area contributed by atoms with Crippen molar-refractivity contribution >= 4 is 11.9 Å². The summed E-state index contributed by atoms with van der Waals surface area (Å²) in [6, 6.07) is 13.8. The van der Waals surface area contributed by atoms with Gasteiger partial charge in [-0.3, -0.25) is 14.8 Å². The number of benzene rings is 1. The number of rotatable bonds is 9. The monoisotopic (exact) mass is 525 g/mol. The zero-order chi connectivity index (χ0) is 27.8. The van der Waals surface area contributed by atoms with Crippen LogP contribution in [0.5, 0.6) is 0 Å². The van der Waals surface area contributed by atoms with Crippen molar-refractivity contribution in [2.45, 2.75) is 26.3 Å². The van der Waals surface area contributed by atoms with Crippen molar-refractivity contribution in [2.75, 3.05) is 26.7 Å². The molecule has 0 spiro atoms. The number of nitrogens with zero attached hydrogens (tertiary/aromatic N) is 5. The van der Waals surface area contributed by atoms with Crippen LogP contribution in [-0.2, 0) is 11.3 Å². The first kappa shape index (κ1) is 27.7. The van der Waals surface area contributed by atoms with Gasteiger partial charge in [0.15, 0.2) is 5.82 Å². The molecule has 1 aromatic carbocycles. The summed E-state index contributed by atoms with van der Waals surface area (Å²) in [4.78, 5) is 23.6. The summed E-state index contributed by atoms with van der Waals surface area (Å²) in [6.07, 6.45) is 8.85. The third-order valence-electron chi connectivity index (χ3n) is 6.80. The number of allylic oxidation sites excluding steroid dienone is 2. The van der Waals surface area contributed by atoms with E-state index in [2.05, 4.69) is 28.5 Å². The Morgan fingerprint density at radius 1 is 1.28 bits per heavy atom. The molecule has 7 nitrogen and oxygen atoms in total. The van der Waals surface area contributed by atoms with Crippen LogP contribution in [0.4, 0.5) is 4.39 Å². The molecular formula is C31H32FN5O2. The molecule has 1 fully saturated rings. The lowest BCUT2D eigenvalue weighted by Gasteiger charge is -2.28. The van der Waals surface area contributed by atoms with Gasteiger partial charge in [-0.1, -0.05) is 24.8 Å². The lowest BCUT2D eigenvalue weighted by Crippen LogP contribution is -2.31. The van der Waals surface area contributed by atoms with Gasteiger partial charge in [-0.2, -0.15) is 5.26 Å². The molecule has 0 amide bonds. The van der Waals surface area contributed by atoms with Crippen molar-refractivity contribution in [3.63, 3.8) is 0 Å². The minimum absolute atomic E-state index is 0.145. The van der Waals surface area contributed by atoms with Gasteiger partial charge in [0, 0.05) is 18.0 Å². The van der Waals surface area contributed by atoms with Crippen LogP contribution in [0, 0.1) is 23.1 Å². The summed E-state index contributed by atoms with van der Waals surface area (Å²) in [5.41, 5.74) is 2.59. The maximum Gasteiger partial charge on any atom is 0.286 e. The van der Waals surface area contributed by atoms with E-state index >= 15 is 0 Å². The smallest absolute Gasteiger partial charge is 0.286 e. The molecule has 0 radical (unpaired) electrons. The predicted octanol–water partition coefficient (Wildman–Crippen LogP) is 5.27. The van der Waals surface area contributed by atoms with E-state index in [1.807, 2.05) is 43.3 Å². The van der Waals surface area contributed by atoms with Crippen LogP contribution in [0.25, 0.3) is 17.0 Å². The highest BCUT2D eigenvalue weighted by molar-refractivity contribution is 5.82. The Hall–Kier alpha value is -4.35. The molecule has 0 aliphatic carbocycles. The third-order valence-corrected chi connectivity index (χ3v) is 6.80. The molecule has 1 saturated heterocycles. The fraction of sp³-hybridized carbons (Fsp3) is 0.290. The molecule has 0 bridgehead atoms. The lowest BCUT2D eigenvalue weighted by atomic mass is 9.98. The van der Waals surface area contributed by atoms with E-state index in [1.54, 1.807) is 24.5 Å². The summed E-state index contributed by atoms with van der Waals surface area (Å²) in [7, 11) is 2.14. The zero-order valence-electron chi connectivity index (χ0n) is 22.3. The first-order chi connectivity index (χ1) is 18.9. The van der Waals surface area contributed by atoms with Crippen molar-refractivity contribution < 1.29 is 9.13 Å². The number of halogens is 1.